The van der Waals surface area contributed by atoms with Crippen LogP contribution in [0.5, 0.6) is 0 Å². The van der Waals surface area contributed by atoms with Gasteiger partial charge in [0.25, 0.3) is 0 Å². The molecule has 0 amide bonds. The van der Waals surface area contributed by atoms with Crippen LogP contribution in [0.4, 0.5) is 0 Å². The van der Waals surface area contributed by atoms with Gasteiger partial charge >= 0.3 is 0 Å². The van der Waals surface area contributed by atoms with Crippen molar-refractivity contribution in [3.8, 4) is 0 Å². The zero-order valence-corrected chi connectivity index (χ0v) is 14.3. The minimum absolute atomic E-state index is 0.480. The molecule has 1 unspecified atom stereocenters. The van der Waals surface area contributed by atoms with E-state index in [1.54, 1.807) is 0 Å². The second-order valence-corrected chi connectivity index (χ2v) is 6.87. The quantitative estimate of drug-likeness (QED) is 0.759. The molecule has 2 aromatic rings. The normalized spacial score (nSPS) is 12.3. The minimum atomic E-state index is 0.480. The largest absolute Gasteiger partial charge is 0.316 e. The van der Waals surface area contributed by atoms with E-state index < -0.39 is 0 Å². The third-order valence-electron chi connectivity index (χ3n) is 3.31. The molecule has 3 heteroatoms. The van der Waals surface area contributed by atoms with E-state index in [9.17, 15) is 0 Å². The molecule has 0 aliphatic rings. The Bertz CT molecular complexity index is 556. The molecular weight excluding hydrogens is 330 g/mol. The first-order chi connectivity index (χ1) is 9.69. The summed E-state index contributed by atoms with van der Waals surface area (Å²) in [4.78, 5) is 1.38. The number of likely N-dealkylation sites (N-methyl/N-ethyl adjacent to an activating group) is 1. The van der Waals surface area contributed by atoms with Crippen molar-refractivity contribution in [3.63, 3.8) is 0 Å². The van der Waals surface area contributed by atoms with Gasteiger partial charge in [-0.3, -0.25) is 0 Å². The second-order valence-electron chi connectivity index (χ2n) is 4.90. The van der Waals surface area contributed by atoms with E-state index in [-0.39, 0.29) is 0 Å². The smallest absolute Gasteiger partial charge is 0.0199 e. The molecular formula is C17H20BrNS. The molecule has 0 spiro atoms. The molecule has 0 saturated carbocycles. The van der Waals surface area contributed by atoms with Crippen molar-refractivity contribution < 1.29 is 0 Å². The van der Waals surface area contributed by atoms with Crippen molar-refractivity contribution in [1.82, 2.24) is 5.32 Å². The van der Waals surface area contributed by atoms with Gasteiger partial charge in [-0.15, -0.1) is 11.8 Å². The summed E-state index contributed by atoms with van der Waals surface area (Å²) in [5.74, 6) is 1.08. The maximum atomic E-state index is 3.53. The number of thioether (sulfide) groups is 1. The van der Waals surface area contributed by atoms with Crippen molar-refractivity contribution in [3.05, 3.63) is 64.1 Å². The maximum Gasteiger partial charge on any atom is 0.0199 e. The molecule has 0 heterocycles. The van der Waals surface area contributed by atoms with E-state index in [4.69, 9.17) is 0 Å². The van der Waals surface area contributed by atoms with Crippen LogP contribution in [0.15, 0.2) is 57.9 Å². The summed E-state index contributed by atoms with van der Waals surface area (Å²) in [5.41, 5.74) is 2.72. The van der Waals surface area contributed by atoms with Crippen LogP contribution in [0.3, 0.4) is 0 Å². The minimum Gasteiger partial charge on any atom is -0.316 e. The highest BCUT2D eigenvalue weighted by Crippen LogP contribution is 2.23. The Hall–Kier alpha value is -0.770. The summed E-state index contributed by atoms with van der Waals surface area (Å²) in [7, 11) is 2.04. The number of hydrogen-bond donors (Lipinski definition) is 1. The first-order valence-corrected chi connectivity index (χ1v) is 8.57. The summed E-state index contributed by atoms with van der Waals surface area (Å²) in [6.07, 6.45) is 1.05. The summed E-state index contributed by atoms with van der Waals surface area (Å²) < 4.78 is 1.15. The highest BCUT2D eigenvalue weighted by molar-refractivity contribution is 9.10. The molecule has 0 aliphatic carbocycles. The van der Waals surface area contributed by atoms with Crippen molar-refractivity contribution in [2.24, 2.45) is 0 Å². The number of rotatable bonds is 6. The third kappa shape index (κ3) is 4.65. The molecule has 1 atom stereocenters. The Kier molecular flexibility index (Phi) is 6.14. The van der Waals surface area contributed by atoms with Crippen LogP contribution in [0.2, 0.25) is 0 Å². The Balaban J connectivity index is 1.94. The van der Waals surface area contributed by atoms with Crippen LogP contribution < -0.4 is 5.32 Å². The molecule has 1 nitrogen and oxygen atoms in total. The topological polar surface area (TPSA) is 12.0 Å². The van der Waals surface area contributed by atoms with Gasteiger partial charge in [0.1, 0.15) is 0 Å². The van der Waals surface area contributed by atoms with Gasteiger partial charge in [-0.1, -0.05) is 46.3 Å². The first kappa shape index (κ1) is 15.6. The first-order valence-electron chi connectivity index (χ1n) is 6.79. The molecule has 0 saturated heterocycles. The van der Waals surface area contributed by atoms with Gasteiger partial charge in [0.15, 0.2) is 0 Å². The summed E-state index contributed by atoms with van der Waals surface area (Å²) in [6.45, 7) is 2.17. The van der Waals surface area contributed by atoms with Crippen LogP contribution in [0, 0.1) is 6.92 Å². The Morgan fingerprint density at radius 1 is 1.15 bits per heavy atom. The molecule has 0 radical (unpaired) electrons. The van der Waals surface area contributed by atoms with E-state index >= 15 is 0 Å². The highest BCUT2D eigenvalue weighted by Gasteiger charge is 2.09. The van der Waals surface area contributed by atoms with Crippen molar-refractivity contribution in [2.75, 3.05) is 12.8 Å². The van der Waals surface area contributed by atoms with Crippen LogP contribution in [-0.4, -0.2) is 18.8 Å². The van der Waals surface area contributed by atoms with Gasteiger partial charge in [0.2, 0.25) is 0 Å². The Morgan fingerprint density at radius 2 is 1.95 bits per heavy atom. The average molecular weight is 350 g/mol. The second kappa shape index (κ2) is 7.87. The standard InChI is InChI=1S/C17H20BrNS/c1-13-6-3-4-9-17(13)20-12-16(19-2)11-14-7-5-8-15(18)10-14/h3-10,16,19H,11-12H2,1-2H3. The number of nitrogens with one attached hydrogen (secondary N) is 1. The lowest BCUT2D eigenvalue weighted by Crippen LogP contribution is -2.30. The number of hydrogen-bond acceptors (Lipinski definition) is 2. The molecule has 106 valence electrons. The molecule has 1 N–H and O–H groups in total. The summed E-state index contributed by atoms with van der Waals surface area (Å²) in [5, 5.41) is 3.42. The van der Waals surface area contributed by atoms with Gasteiger partial charge in [0.05, 0.1) is 0 Å². The van der Waals surface area contributed by atoms with Crippen LogP contribution in [0.1, 0.15) is 11.1 Å². The molecule has 20 heavy (non-hydrogen) atoms. The zero-order valence-electron chi connectivity index (χ0n) is 11.9. The van der Waals surface area contributed by atoms with Gasteiger partial charge in [-0.05, 0) is 49.7 Å². The van der Waals surface area contributed by atoms with E-state index in [2.05, 4.69) is 76.7 Å². The lowest BCUT2D eigenvalue weighted by atomic mass is 10.1. The monoisotopic (exact) mass is 349 g/mol. The van der Waals surface area contributed by atoms with E-state index in [0.29, 0.717) is 6.04 Å². The third-order valence-corrected chi connectivity index (χ3v) is 5.14. The lowest BCUT2D eigenvalue weighted by Gasteiger charge is -2.16. The SMILES string of the molecule is CNC(CSc1ccccc1C)Cc1cccc(Br)c1. The van der Waals surface area contributed by atoms with E-state index in [1.807, 2.05) is 18.8 Å². The number of aryl methyl sites for hydroxylation is 1. The molecule has 0 fully saturated rings. The summed E-state index contributed by atoms with van der Waals surface area (Å²) >= 11 is 5.46. The molecule has 2 aromatic carbocycles. The van der Waals surface area contributed by atoms with Gasteiger partial charge in [-0.25, -0.2) is 0 Å². The van der Waals surface area contributed by atoms with E-state index in [1.165, 1.54) is 16.0 Å². The van der Waals surface area contributed by atoms with Crippen molar-refractivity contribution in [1.29, 1.82) is 0 Å². The maximum absolute atomic E-state index is 3.53. The molecule has 0 aromatic heterocycles. The van der Waals surface area contributed by atoms with Crippen LogP contribution in [-0.2, 0) is 6.42 Å². The lowest BCUT2D eigenvalue weighted by molar-refractivity contribution is 0.617. The number of halogens is 1. The van der Waals surface area contributed by atoms with Crippen molar-refractivity contribution in [2.45, 2.75) is 24.3 Å². The Morgan fingerprint density at radius 3 is 2.65 bits per heavy atom. The molecule has 0 aliphatic heterocycles. The van der Waals surface area contributed by atoms with E-state index in [0.717, 1.165) is 16.6 Å². The fourth-order valence-electron chi connectivity index (χ4n) is 2.10. The Labute approximate surface area is 134 Å². The summed E-state index contributed by atoms with van der Waals surface area (Å²) in [6, 6.07) is 17.6. The number of benzene rings is 2. The average Bonchev–Trinajstić information content (AvgIpc) is 2.45. The fraction of sp³-hybridized carbons (Fsp3) is 0.294. The van der Waals surface area contributed by atoms with Crippen LogP contribution in [0.25, 0.3) is 0 Å². The van der Waals surface area contributed by atoms with Gasteiger partial charge < -0.3 is 5.32 Å². The van der Waals surface area contributed by atoms with Gasteiger partial charge in [0, 0.05) is 21.2 Å². The molecule has 0 bridgehead atoms. The van der Waals surface area contributed by atoms with Crippen LogP contribution >= 0.6 is 27.7 Å². The predicted octanol–water partition coefficient (Wildman–Crippen LogP) is 4.68. The molecule has 2 rings (SSSR count). The predicted molar refractivity (Wildman–Crippen MR) is 92.6 cm³/mol. The van der Waals surface area contributed by atoms with Gasteiger partial charge in [-0.2, -0.15) is 0 Å². The van der Waals surface area contributed by atoms with Crippen molar-refractivity contribution >= 4 is 27.7 Å². The highest BCUT2D eigenvalue weighted by atomic mass is 79.9. The zero-order chi connectivity index (χ0) is 14.4. The fourth-order valence-corrected chi connectivity index (χ4v) is 3.68.